The first kappa shape index (κ1) is 13.3. The van der Waals surface area contributed by atoms with E-state index in [0.29, 0.717) is 22.8 Å². The third kappa shape index (κ3) is 3.41. The Morgan fingerprint density at radius 1 is 1.53 bits per heavy atom. The molecule has 0 saturated heterocycles. The lowest BCUT2D eigenvalue weighted by atomic mass is 10.2. The monoisotopic (exact) mass is 281 g/mol. The van der Waals surface area contributed by atoms with Crippen LogP contribution in [0.3, 0.4) is 0 Å². The largest absolute Gasteiger partial charge is 0.445 e. The molecular weight excluding hydrogens is 270 g/mol. The van der Waals surface area contributed by atoms with E-state index in [0.717, 1.165) is 0 Å². The van der Waals surface area contributed by atoms with Crippen LogP contribution in [0.2, 0.25) is 5.02 Å². The molecule has 2 rings (SSSR count). The van der Waals surface area contributed by atoms with Gasteiger partial charge in [-0.25, -0.2) is 9.48 Å². The zero-order chi connectivity index (χ0) is 13.7. The van der Waals surface area contributed by atoms with Crippen molar-refractivity contribution in [1.29, 1.82) is 0 Å². The minimum absolute atomic E-state index is 0.0849. The summed E-state index contributed by atoms with van der Waals surface area (Å²) in [7, 11) is 0. The van der Waals surface area contributed by atoms with E-state index in [2.05, 4.69) is 20.8 Å². The third-order valence-corrected chi connectivity index (χ3v) is 2.55. The molecule has 8 heteroatoms. The van der Waals surface area contributed by atoms with Crippen molar-refractivity contribution in [3.8, 4) is 5.69 Å². The van der Waals surface area contributed by atoms with Crippen molar-refractivity contribution in [1.82, 2.24) is 25.5 Å². The Hall–Kier alpha value is -2.15. The fourth-order valence-electron chi connectivity index (χ4n) is 1.50. The molecule has 0 aliphatic rings. The second-order valence-electron chi connectivity index (χ2n) is 3.63. The molecule has 1 heterocycles. The number of alkyl carbamates (subject to hydrolysis) is 1. The van der Waals surface area contributed by atoms with E-state index >= 15 is 0 Å². The lowest BCUT2D eigenvalue weighted by molar-refractivity contribution is 0.140. The summed E-state index contributed by atoms with van der Waals surface area (Å²) in [5, 5.41) is 14.0. The Kier molecular flexibility index (Phi) is 4.30. The van der Waals surface area contributed by atoms with Gasteiger partial charge in [-0.15, -0.1) is 5.10 Å². The van der Waals surface area contributed by atoms with Crippen molar-refractivity contribution < 1.29 is 9.53 Å². The van der Waals surface area contributed by atoms with E-state index < -0.39 is 6.09 Å². The number of nitrogens with one attached hydrogen (secondary N) is 1. The zero-order valence-electron chi connectivity index (χ0n) is 10.2. The number of tetrazole rings is 1. The van der Waals surface area contributed by atoms with Gasteiger partial charge in [-0.1, -0.05) is 11.6 Å². The minimum atomic E-state index is -0.481. The number of hydrogen-bond donors (Lipinski definition) is 1. The Morgan fingerprint density at radius 2 is 2.37 bits per heavy atom. The normalized spacial score (nSPS) is 10.2. The van der Waals surface area contributed by atoms with Gasteiger partial charge in [0.05, 0.1) is 5.69 Å². The summed E-state index contributed by atoms with van der Waals surface area (Å²) in [6.45, 7) is 2.41. The van der Waals surface area contributed by atoms with E-state index in [4.69, 9.17) is 16.3 Å². The summed E-state index contributed by atoms with van der Waals surface area (Å²) in [5.74, 6) is 0. The SMILES string of the molecule is CCNC(=O)OCc1cc(Cl)ccc1-n1cnnn1. The highest BCUT2D eigenvalue weighted by Crippen LogP contribution is 2.19. The average Bonchev–Trinajstić information content (AvgIpc) is 2.90. The summed E-state index contributed by atoms with van der Waals surface area (Å²) in [5.41, 5.74) is 1.42. The molecule has 1 aromatic carbocycles. The van der Waals surface area contributed by atoms with Crippen molar-refractivity contribution in [2.24, 2.45) is 0 Å². The fraction of sp³-hybridized carbons (Fsp3) is 0.273. The van der Waals surface area contributed by atoms with Gasteiger partial charge in [0, 0.05) is 17.1 Å². The van der Waals surface area contributed by atoms with Gasteiger partial charge in [0.15, 0.2) is 0 Å². The number of rotatable bonds is 4. The van der Waals surface area contributed by atoms with Gasteiger partial charge < -0.3 is 10.1 Å². The summed E-state index contributed by atoms with van der Waals surface area (Å²) < 4.78 is 6.55. The van der Waals surface area contributed by atoms with Crippen LogP contribution in [-0.4, -0.2) is 32.8 Å². The molecule has 1 amide bonds. The molecule has 1 N–H and O–H groups in total. The maximum atomic E-state index is 11.3. The van der Waals surface area contributed by atoms with Crippen LogP contribution in [0.25, 0.3) is 5.69 Å². The predicted molar refractivity (Wildman–Crippen MR) is 68.0 cm³/mol. The van der Waals surface area contributed by atoms with Crippen LogP contribution in [0.15, 0.2) is 24.5 Å². The van der Waals surface area contributed by atoms with Gasteiger partial charge in [0.1, 0.15) is 12.9 Å². The van der Waals surface area contributed by atoms with Gasteiger partial charge in [0.25, 0.3) is 0 Å². The standard InChI is InChI=1S/C11H12ClN5O2/c1-2-13-11(18)19-6-8-5-9(12)3-4-10(8)17-7-14-15-16-17/h3-5,7H,2,6H2,1H3,(H,13,18). The lowest BCUT2D eigenvalue weighted by Crippen LogP contribution is -2.23. The fourth-order valence-corrected chi connectivity index (χ4v) is 1.70. The van der Waals surface area contributed by atoms with E-state index in [1.54, 1.807) is 18.2 Å². The van der Waals surface area contributed by atoms with E-state index in [-0.39, 0.29) is 6.61 Å². The van der Waals surface area contributed by atoms with E-state index in [1.807, 2.05) is 6.92 Å². The second-order valence-corrected chi connectivity index (χ2v) is 4.07. The van der Waals surface area contributed by atoms with E-state index in [9.17, 15) is 4.79 Å². The number of aromatic nitrogens is 4. The van der Waals surface area contributed by atoms with E-state index in [1.165, 1.54) is 11.0 Å². The molecule has 0 aliphatic heterocycles. The molecule has 0 aliphatic carbocycles. The molecule has 0 spiro atoms. The number of benzene rings is 1. The number of carbonyl (C=O) groups is 1. The Balaban J connectivity index is 2.19. The molecule has 1 aromatic heterocycles. The molecule has 100 valence electrons. The Labute approximate surface area is 114 Å². The zero-order valence-corrected chi connectivity index (χ0v) is 11.0. The van der Waals surface area contributed by atoms with Crippen LogP contribution in [-0.2, 0) is 11.3 Å². The smallest absolute Gasteiger partial charge is 0.407 e. The number of halogens is 1. The van der Waals surface area contributed by atoms with Gasteiger partial charge in [-0.3, -0.25) is 0 Å². The first-order valence-corrected chi connectivity index (χ1v) is 6.01. The first-order chi connectivity index (χ1) is 9.20. The Bertz CT molecular complexity index is 558. The summed E-state index contributed by atoms with van der Waals surface area (Å²) in [6, 6.07) is 5.18. The topological polar surface area (TPSA) is 81.9 Å². The third-order valence-electron chi connectivity index (χ3n) is 2.32. The minimum Gasteiger partial charge on any atom is -0.445 e. The van der Waals surface area contributed by atoms with Crippen LogP contribution in [0.1, 0.15) is 12.5 Å². The van der Waals surface area contributed by atoms with Crippen molar-refractivity contribution in [2.75, 3.05) is 6.54 Å². The van der Waals surface area contributed by atoms with Crippen molar-refractivity contribution in [3.05, 3.63) is 35.1 Å². The number of hydrogen-bond acceptors (Lipinski definition) is 5. The maximum absolute atomic E-state index is 11.3. The van der Waals surface area contributed by atoms with Crippen molar-refractivity contribution >= 4 is 17.7 Å². The first-order valence-electron chi connectivity index (χ1n) is 5.63. The average molecular weight is 282 g/mol. The molecule has 19 heavy (non-hydrogen) atoms. The molecule has 0 radical (unpaired) electrons. The van der Waals surface area contributed by atoms with Crippen LogP contribution < -0.4 is 5.32 Å². The van der Waals surface area contributed by atoms with Crippen molar-refractivity contribution in [2.45, 2.75) is 13.5 Å². The highest BCUT2D eigenvalue weighted by Gasteiger charge is 2.09. The highest BCUT2D eigenvalue weighted by molar-refractivity contribution is 6.30. The molecular formula is C11H12ClN5O2. The number of ether oxygens (including phenoxy) is 1. The molecule has 2 aromatic rings. The summed E-state index contributed by atoms with van der Waals surface area (Å²) in [6.07, 6.45) is 0.976. The van der Waals surface area contributed by atoms with Gasteiger partial charge in [0.2, 0.25) is 0 Å². The molecule has 0 fully saturated rings. The van der Waals surface area contributed by atoms with Crippen LogP contribution >= 0.6 is 11.6 Å². The number of amides is 1. The lowest BCUT2D eigenvalue weighted by Gasteiger charge is -2.10. The molecule has 0 saturated carbocycles. The van der Waals surface area contributed by atoms with Crippen LogP contribution in [0.4, 0.5) is 4.79 Å². The molecule has 7 nitrogen and oxygen atoms in total. The number of nitrogens with zero attached hydrogens (tertiary/aromatic N) is 4. The Morgan fingerprint density at radius 3 is 3.05 bits per heavy atom. The van der Waals surface area contributed by atoms with Gasteiger partial charge >= 0.3 is 6.09 Å². The quantitative estimate of drug-likeness (QED) is 0.920. The molecule has 0 atom stereocenters. The van der Waals surface area contributed by atoms with Gasteiger partial charge in [-0.2, -0.15) is 0 Å². The number of carbonyl (C=O) groups excluding carboxylic acids is 1. The maximum Gasteiger partial charge on any atom is 0.407 e. The second kappa shape index (κ2) is 6.14. The van der Waals surface area contributed by atoms with Gasteiger partial charge in [-0.05, 0) is 35.5 Å². The summed E-state index contributed by atoms with van der Waals surface area (Å²) >= 11 is 5.94. The predicted octanol–water partition coefficient (Wildman–Crippen LogP) is 1.56. The molecule has 0 bridgehead atoms. The highest BCUT2D eigenvalue weighted by atomic mass is 35.5. The van der Waals surface area contributed by atoms with Crippen LogP contribution in [0.5, 0.6) is 0 Å². The molecule has 0 unspecified atom stereocenters. The summed E-state index contributed by atoms with van der Waals surface area (Å²) in [4.78, 5) is 11.3. The van der Waals surface area contributed by atoms with Crippen LogP contribution in [0, 0.1) is 0 Å². The van der Waals surface area contributed by atoms with Crippen molar-refractivity contribution in [3.63, 3.8) is 0 Å².